The topological polar surface area (TPSA) is 53.5 Å². The number of hydrogen-bond acceptors (Lipinski definition) is 2. The lowest BCUT2D eigenvalue weighted by atomic mass is 10.1. The number of rotatable bonds is 6. The molecule has 1 aliphatic heterocycles. The predicted octanol–water partition coefficient (Wildman–Crippen LogP) is -3.63. The number of nitrogens with zero attached hydrogens (tertiary/aromatic N) is 2. The number of aryl methyl sites for hydroxylation is 1. The van der Waals surface area contributed by atoms with Crippen LogP contribution in [0.4, 0.5) is 0 Å². The van der Waals surface area contributed by atoms with E-state index in [0.29, 0.717) is 0 Å². The fourth-order valence-electron chi connectivity index (χ4n) is 4.51. The Morgan fingerprint density at radius 3 is 2.58 bits per heavy atom. The fraction of sp³-hybridized carbons (Fsp3) is 0.458. The number of aromatic nitrogens is 3. The first-order valence-electron chi connectivity index (χ1n) is 11.1. The molecule has 4 rings (SSSR count). The lowest BCUT2D eigenvalue weighted by molar-refractivity contribution is -0.917. The van der Waals surface area contributed by atoms with E-state index in [1.165, 1.54) is 5.69 Å². The summed E-state index contributed by atoms with van der Waals surface area (Å²) in [6.45, 7) is 5.42. The molecule has 1 aromatic carbocycles. The SMILES string of the molecule is CCCCc1nn(C2CCC[NH+](Cc3cccc[nH+]3)CC2)c(=O)c2ccccc12.[Cl-].[Cl-]. The van der Waals surface area contributed by atoms with Crippen molar-refractivity contribution >= 4 is 10.8 Å². The normalized spacial score (nSPS) is 18.6. The number of H-pyrrole nitrogens is 1. The van der Waals surface area contributed by atoms with Gasteiger partial charge >= 0.3 is 0 Å². The molecule has 1 aliphatic rings. The zero-order chi connectivity index (χ0) is 20.1. The third kappa shape index (κ3) is 6.06. The maximum atomic E-state index is 13.2. The van der Waals surface area contributed by atoms with Gasteiger partial charge in [-0.15, -0.1) is 0 Å². The molecule has 0 amide bonds. The second kappa shape index (κ2) is 12.2. The minimum Gasteiger partial charge on any atom is -1.00 e. The third-order valence-electron chi connectivity index (χ3n) is 6.13. The first kappa shape index (κ1) is 25.3. The van der Waals surface area contributed by atoms with Gasteiger partial charge in [-0.1, -0.05) is 31.5 Å². The molecular formula is C24H32Cl2N4O. The molecule has 3 aromatic rings. The first-order valence-corrected chi connectivity index (χ1v) is 11.1. The average Bonchev–Trinajstić information content (AvgIpc) is 3.00. The minimum absolute atomic E-state index is 0. The van der Waals surface area contributed by atoms with Crippen LogP contribution in [-0.2, 0) is 13.0 Å². The van der Waals surface area contributed by atoms with Crippen molar-refractivity contribution in [2.75, 3.05) is 13.1 Å². The number of quaternary nitrogens is 1. The molecule has 2 aromatic heterocycles. The number of pyridine rings is 1. The predicted molar refractivity (Wildman–Crippen MR) is 115 cm³/mol. The van der Waals surface area contributed by atoms with Crippen LogP contribution in [0, 0.1) is 0 Å². The van der Waals surface area contributed by atoms with Crippen LogP contribution in [0.15, 0.2) is 53.5 Å². The molecule has 7 heteroatoms. The van der Waals surface area contributed by atoms with Crippen molar-refractivity contribution in [2.24, 2.45) is 0 Å². The molecule has 1 saturated heterocycles. The molecule has 2 unspecified atom stereocenters. The van der Waals surface area contributed by atoms with E-state index < -0.39 is 0 Å². The van der Waals surface area contributed by atoms with Gasteiger partial charge in [-0.25, -0.2) is 9.67 Å². The maximum absolute atomic E-state index is 13.2. The molecule has 0 saturated carbocycles. The van der Waals surface area contributed by atoms with Gasteiger partial charge in [-0.05, 0) is 37.8 Å². The van der Waals surface area contributed by atoms with Crippen LogP contribution in [-0.4, -0.2) is 22.9 Å². The summed E-state index contributed by atoms with van der Waals surface area (Å²) < 4.78 is 1.82. The van der Waals surface area contributed by atoms with E-state index in [2.05, 4.69) is 30.1 Å². The van der Waals surface area contributed by atoms with E-state index in [1.54, 1.807) is 4.90 Å². The number of unbranched alkanes of at least 4 members (excludes halogenated alkanes) is 1. The molecule has 168 valence electrons. The van der Waals surface area contributed by atoms with Crippen LogP contribution in [0.2, 0.25) is 0 Å². The Morgan fingerprint density at radius 1 is 1.06 bits per heavy atom. The Kier molecular flexibility index (Phi) is 9.94. The van der Waals surface area contributed by atoms with Crippen LogP contribution >= 0.6 is 0 Å². The monoisotopic (exact) mass is 462 g/mol. The summed E-state index contributed by atoms with van der Waals surface area (Å²) in [5, 5.41) is 6.75. The molecule has 0 bridgehead atoms. The molecule has 3 heterocycles. The Bertz CT molecular complexity index is 1010. The summed E-state index contributed by atoms with van der Waals surface area (Å²) in [7, 11) is 0. The molecule has 0 radical (unpaired) electrons. The molecule has 0 spiro atoms. The Balaban J connectivity index is 0.00000171. The number of hydrogen-bond donors (Lipinski definition) is 1. The van der Waals surface area contributed by atoms with Gasteiger partial charge in [0.05, 0.1) is 30.2 Å². The molecule has 2 N–H and O–H groups in total. The molecule has 2 atom stereocenters. The van der Waals surface area contributed by atoms with Gasteiger partial charge in [0, 0.05) is 23.9 Å². The molecule has 0 aliphatic carbocycles. The van der Waals surface area contributed by atoms with Crippen molar-refractivity contribution < 1.29 is 34.7 Å². The number of fused-ring (bicyclic) bond motifs is 1. The van der Waals surface area contributed by atoms with E-state index in [0.717, 1.165) is 74.6 Å². The Hall–Kier alpha value is -1.95. The smallest absolute Gasteiger partial charge is 0.274 e. The lowest BCUT2D eigenvalue weighted by Crippen LogP contribution is -3.10. The van der Waals surface area contributed by atoms with Crippen LogP contribution < -0.4 is 40.3 Å². The van der Waals surface area contributed by atoms with Crippen LogP contribution in [0.5, 0.6) is 0 Å². The summed E-state index contributed by atoms with van der Waals surface area (Å²) in [4.78, 5) is 18.2. The summed E-state index contributed by atoms with van der Waals surface area (Å²) in [6, 6.07) is 14.5. The van der Waals surface area contributed by atoms with Gasteiger partial charge in [0.15, 0.2) is 12.7 Å². The molecule has 1 fully saturated rings. The van der Waals surface area contributed by atoms with E-state index in [9.17, 15) is 4.79 Å². The highest BCUT2D eigenvalue weighted by atomic mass is 35.5. The number of aromatic amines is 1. The quantitative estimate of drug-likeness (QED) is 0.411. The van der Waals surface area contributed by atoms with Crippen molar-refractivity contribution in [1.29, 1.82) is 0 Å². The second-order valence-electron chi connectivity index (χ2n) is 8.24. The largest absolute Gasteiger partial charge is 1.00 e. The van der Waals surface area contributed by atoms with Crippen molar-refractivity contribution in [3.05, 3.63) is 70.4 Å². The van der Waals surface area contributed by atoms with Crippen LogP contribution in [0.25, 0.3) is 10.8 Å². The Morgan fingerprint density at radius 2 is 1.84 bits per heavy atom. The Labute approximate surface area is 196 Å². The number of benzene rings is 1. The maximum Gasteiger partial charge on any atom is 0.274 e. The van der Waals surface area contributed by atoms with E-state index in [4.69, 9.17) is 5.10 Å². The van der Waals surface area contributed by atoms with Crippen molar-refractivity contribution in [3.63, 3.8) is 0 Å². The lowest BCUT2D eigenvalue weighted by Gasteiger charge is -2.19. The third-order valence-corrected chi connectivity index (χ3v) is 6.13. The number of nitrogens with one attached hydrogen (secondary N) is 2. The van der Waals surface area contributed by atoms with Gasteiger partial charge in [0.1, 0.15) is 0 Å². The van der Waals surface area contributed by atoms with E-state index in [-0.39, 0.29) is 36.4 Å². The summed E-state index contributed by atoms with van der Waals surface area (Å²) in [5.74, 6) is 0. The zero-order valence-electron chi connectivity index (χ0n) is 18.1. The molecule has 31 heavy (non-hydrogen) atoms. The summed E-state index contributed by atoms with van der Waals surface area (Å²) >= 11 is 0. The first-order chi connectivity index (χ1) is 14.3. The van der Waals surface area contributed by atoms with E-state index in [1.807, 2.05) is 35.1 Å². The van der Waals surface area contributed by atoms with Crippen LogP contribution in [0.1, 0.15) is 56.5 Å². The standard InChI is InChI=1S/C24H30N4O.2ClH/c1-2-3-13-23-21-11-4-5-12-22(21)24(29)28(26-23)20-10-8-16-27(17-14-20)18-19-9-6-7-15-25-19;;/h4-7,9,11-12,15,20H,2-3,8,10,13-14,16-18H2,1H3;2*1H. The van der Waals surface area contributed by atoms with Crippen molar-refractivity contribution in [3.8, 4) is 0 Å². The van der Waals surface area contributed by atoms with Gasteiger partial charge in [-0.2, -0.15) is 5.10 Å². The summed E-state index contributed by atoms with van der Waals surface area (Å²) in [5.41, 5.74) is 2.42. The number of likely N-dealkylation sites (tertiary alicyclic amines) is 1. The van der Waals surface area contributed by atoms with E-state index >= 15 is 0 Å². The highest BCUT2D eigenvalue weighted by molar-refractivity contribution is 5.83. The van der Waals surface area contributed by atoms with Gasteiger partial charge in [-0.3, -0.25) is 4.79 Å². The minimum atomic E-state index is 0. The van der Waals surface area contributed by atoms with Gasteiger partial charge < -0.3 is 29.7 Å². The van der Waals surface area contributed by atoms with Gasteiger partial charge in [0.2, 0.25) is 5.69 Å². The van der Waals surface area contributed by atoms with Crippen molar-refractivity contribution in [1.82, 2.24) is 9.78 Å². The molecular weight excluding hydrogens is 431 g/mol. The summed E-state index contributed by atoms with van der Waals surface area (Å²) in [6.07, 6.45) is 8.31. The zero-order valence-corrected chi connectivity index (χ0v) is 19.6. The van der Waals surface area contributed by atoms with Crippen LogP contribution in [0.3, 0.4) is 0 Å². The average molecular weight is 463 g/mol. The highest BCUT2D eigenvalue weighted by Crippen LogP contribution is 2.20. The van der Waals surface area contributed by atoms with Crippen molar-refractivity contribution in [2.45, 2.75) is 58.0 Å². The fourth-order valence-corrected chi connectivity index (χ4v) is 4.51. The van der Waals surface area contributed by atoms with Gasteiger partial charge in [0.25, 0.3) is 5.56 Å². The highest BCUT2D eigenvalue weighted by Gasteiger charge is 2.24. The number of halogens is 2. The second-order valence-corrected chi connectivity index (χ2v) is 8.24. The molecule has 5 nitrogen and oxygen atoms in total.